The van der Waals surface area contributed by atoms with Gasteiger partial charge in [-0.25, -0.2) is 10.0 Å². The van der Waals surface area contributed by atoms with Crippen molar-refractivity contribution in [2.24, 2.45) is 4.99 Å². The molecule has 1 amide bonds. The number of hydrogen-bond acceptors (Lipinski definition) is 3. The fourth-order valence-electron chi connectivity index (χ4n) is 2.51. The molecule has 1 unspecified atom stereocenters. The third-order valence-corrected chi connectivity index (χ3v) is 3.43. The Kier molecular flexibility index (Phi) is 2.07. The molecule has 0 bridgehead atoms. The van der Waals surface area contributed by atoms with Crippen LogP contribution in [0.1, 0.15) is 27.7 Å². The summed E-state index contributed by atoms with van der Waals surface area (Å²) in [6, 6.07) is 17.5. The van der Waals surface area contributed by atoms with Crippen LogP contribution in [0.5, 0.6) is 0 Å². The van der Waals surface area contributed by atoms with Crippen molar-refractivity contribution in [1.82, 2.24) is 10.4 Å². The van der Waals surface area contributed by atoms with Crippen molar-refractivity contribution in [3.63, 3.8) is 0 Å². The molecule has 19 heavy (non-hydrogen) atoms. The summed E-state index contributed by atoms with van der Waals surface area (Å²) in [7, 11) is 0. The highest BCUT2D eigenvalue weighted by Gasteiger charge is 2.39. The van der Waals surface area contributed by atoms with Gasteiger partial charge in [0, 0.05) is 5.56 Å². The Hall–Kier alpha value is -2.46. The van der Waals surface area contributed by atoms with Crippen molar-refractivity contribution in [3.05, 3.63) is 71.3 Å². The van der Waals surface area contributed by atoms with E-state index in [-0.39, 0.29) is 12.1 Å². The summed E-state index contributed by atoms with van der Waals surface area (Å²) < 4.78 is 0. The normalized spacial score (nSPS) is 20.2. The van der Waals surface area contributed by atoms with Crippen molar-refractivity contribution >= 4 is 11.7 Å². The number of amidine groups is 1. The van der Waals surface area contributed by atoms with Crippen LogP contribution in [0.25, 0.3) is 0 Å². The van der Waals surface area contributed by atoms with Crippen LogP contribution in [0.3, 0.4) is 0 Å². The lowest BCUT2D eigenvalue weighted by molar-refractivity contribution is 0.0806. The highest BCUT2D eigenvalue weighted by atomic mass is 16.2. The van der Waals surface area contributed by atoms with Gasteiger partial charge in [0.05, 0.1) is 5.56 Å². The minimum Gasteiger partial charge on any atom is -0.267 e. The van der Waals surface area contributed by atoms with Crippen LogP contribution in [-0.2, 0) is 0 Å². The number of carbonyl (C=O) groups is 1. The molecule has 2 aromatic carbocycles. The number of nitrogens with zero attached hydrogens (tertiary/aromatic N) is 2. The Labute approximate surface area is 110 Å². The van der Waals surface area contributed by atoms with Gasteiger partial charge >= 0.3 is 0 Å². The maximum atomic E-state index is 12.2. The number of aliphatic imine (C=N–C) groups is 1. The van der Waals surface area contributed by atoms with Gasteiger partial charge in [-0.1, -0.05) is 48.5 Å². The van der Waals surface area contributed by atoms with E-state index in [4.69, 9.17) is 0 Å². The molecule has 0 spiro atoms. The molecule has 2 aliphatic heterocycles. The summed E-state index contributed by atoms with van der Waals surface area (Å²) in [5.74, 6) is 0.683. The first-order chi connectivity index (χ1) is 9.34. The van der Waals surface area contributed by atoms with Crippen LogP contribution >= 0.6 is 0 Å². The summed E-state index contributed by atoms with van der Waals surface area (Å²) in [6.45, 7) is 0. The lowest BCUT2D eigenvalue weighted by Gasteiger charge is -2.14. The second-order valence-electron chi connectivity index (χ2n) is 4.58. The summed E-state index contributed by atoms with van der Waals surface area (Å²) in [5, 5.41) is 1.54. The number of hydrazine groups is 1. The average molecular weight is 249 g/mol. The molecule has 1 atom stereocenters. The number of hydrogen-bond donors (Lipinski definition) is 1. The van der Waals surface area contributed by atoms with Gasteiger partial charge in [-0.05, 0) is 11.6 Å². The van der Waals surface area contributed by atoms with Gasteiger partial charge in [-0.3, -0.25) is 4.79 Å². The van der Waals surface area contributed by atoms with E-state index in [9.17, 15) is 4.79 Å². The third-order valence-electron chi connectivity index (χ3n) is 3.43. The van der Waals surface area contributed by atoms with Crippen molar-refractivity contribution in [2.45, 2.75) is 6.17 Å². The standard InChI is InChI=1S/C15H11N3O/c19-15-12-9-5-4-8-11(12)14-16-13(17-18(14)15)10-6-2-1-3-7-10/h1-9,13,17H. The first kappa shape index (κ1) is 10.5. The van der Waals surface area contributed by atoms with E-state index >= 15 is 0 Å². The molecule has 0 aliphatic carbocycles. The summed E-state index contributed by atoms with van der Waals surface area (Å²) >= 11 is 0. The van der Waals surface area contributed by atoms with E-state index in [1.165, 1.54) is 0 Å². The van der Waals surface area contributed by atoms with Gasteiger partial charge < -0.3 is 0 Å². The highest BCUT2D eigenvalue weighted by Crippen LogP contribution is 2.30. The minimum absolute atomic E-state index is 0.0345. The molecule has 0 aromatic heterocycles. The largest absolute Gasteiger partial charge is 0.274 e. The second kappa shape index (κ2) is 3.76. The van der Waals surface area contributed by atoms with E-state index < -0.39 is 0 Å². The number of amides is 1. The Balaban J connectivity index is 1.79. The zero-order valence-electron chi connectivity index (χ0n) is 10.1. The zero-order valence-corrected chi connectivity index (χ0v) is 10.1. The number of nitrogens with one attached hydrogen (secondary N) is 1. The lowest BCUT2D eigenvalue weighted by atomic mass is 10.1. The molecule has 4 heteroatoms. The highest BCUT2D eigenvalue weighted by molar-refractivity contribution is 6.23. The molecule has 2 heterocycles. The fraction of sp³-hybridized carbons (Fsp3) is 0.0667. The number of rotatable bonds is 1. The molecule has 4 rings (SSSR count). The van der Waals surface area contributed by atoms with Gasteiger partial charge in [0.15, 0.2) is 5.84 Å². The second-order valence-corrected chi connectivity index (χ2v) is 4.58. The Morgan fingerprint density at radius 1 is 0.947 bits per heavy atom. The first-order valence-electron chi connectivity index (χ1n) is 6.17. The molecular formula is C15H11N3O. The van der Waals surface area contributed by atoms with E-state index in [0.717, 1.165) is 17.0 Å². The van der Waals surface area contributed by atoms with Gasteiger partial charge in [0.25, 0.3) is 5.91 Å². The molecule has 2 aliphatic rings. The SMILES string of the molecule is O=C1c2ccccc2C2=NC(c3ccccc3)NN12. The first-order valence-corrected chi connectivity index (χ1v) is 6.17. The Morgan fingerprint density at radius 2 is 1.63 bits per heavy atom. The molecule has 92 valence electrons. The maximum absolute atomic E-state index is 12.2. The smallest absolute Gasteiger partial charge is 0.267 e. The quantitative estimate of drug-likeness (QED) is 0.841. The maximum Gasteiger partial charge on any atom is 0.274 e. The molecule has 0 radical (unpaired) electrons. The number of carbonyl (C=O) groups excluding carboxylic acids is 1. The van der Waals surface area contributed by atoms with Crippen molar-refractivity contribution in [2.75, 3.05) is 0 Å². The average Bonchev–Trinajstić information content (AvgIpc) is 3.01. The van der Waals surface area contributed by atoms with Crippen LogP contribution in [0.2, 0.25) is 0 Å². The predicted molar refractivity (Wildman–Crippen MR) is 71.5 cm³/mol. The molecule has 1 N–H and O–H groups in total. The van der Waals surface area contributed by atoms with E-state index in [0.29, 0.717) is 5.56 Å². The topological polar surface area (TPSA) is 44.7 Å². The summed E-state index contributed by atoms with van der Waals surface area (Å²) in [6.07, 6.45) is -0.187. The predicted octanol–water partition coefficient (Wildman–Crippen LogP) is 2.11. The Morgan fingerprint density at radius 3 is 2.42 bits per heavy atom. The van der Waals surface area contributed by atoms with E-state index in [2.05, 4.69) is 10.4 Å². The van der Waals surface area contributed by atoms with E-state index in [1.807, 2.05) is 54.6 Å². The molecule has 0 fully saturated rings. The van der Waals surface area contributed by atoms with Crippen molar-refractivity contribution in [1.29, 1.82) is 0 Å². The fourth-order valence-corrected chi connectivity index (χ4v) is 2.51. The summed E-state index contributed by atoms with van der Waals surface area (Å²) in [5.41, 5.74) is 5.81. The van der Waals surface area contributed by atoms with Crippen LogP contribution < -0.4 is 5.43 Å². The summed E-state index contributed by atoms with van der Waals surface area (Å²) in [4.78, 5) is 16.9. The van der Waals surface area contributed by atoms with Crippen LogP contribution in [0.15, 0.2) is 59.6 Å². The van der Waals surface area contributed by atoms with Gasteiger partial charge in [0.2, 0.25) is 0 Å². The van der Waals surface area contributed by atoms with Crippen LogP contribution in [0.4, 0.5) is 0 Å². The minimum atomic E-state index is -0.187. The monoisotopic (exact) mass is 249 g/mol. The number of fused-ring (bicyclic) bond motifs is 3. The number of benzene rings is 2. The van der Waals surface area contributed by atoms with Crippen molar-refractivity contribution in [3.8, 4) is 0 Å². The van der Waals surface area contributed by atoms with Gasteiger partial charge in [0.1, 0.15) is 6.17 Å². The Bertz CT molecular complexity index is 694. The van der Waals surface area contributed by atoms with Gasteiger partial charge in [-0.2, -0.15) is 5.43 Å². The molecule has 4 nitrogen and oxygen atoms in total. The van der Waals surface area contributed by atoms with Gasteiger partial charge in [-0.15, -0.1) is 0 Å². The molecular weight excluding hydrogens is 238 g/mol. The third kappa shape index (κ3) is 1.44. The molecule has 2 aromatic rings. The van der Waals surface area contributed by atoms with Crippen LogP contribution in [-0.4, -0.2) is 16.8 Å². The molecule has 0 saturated heterocycles. The van der Waals surface area contributed by atoms with E-state index in [1.54, 1.807) is 5.01 Å². The lowest BCUT2D eigenvalue weighted by Crippen LogP contribution is -2.38. The van der Waals surface area contributed by atoms with Crippen LogP contribution in [0, 0.1) is 0 Å². The molecule has 0 saturated carbocycles. The van der Waals surface area contributed by atoms with Crippen molar-refractivity contribution < 1.29 is 4.79 Å². The zero-order chi connectivity index (χ0) is 12.8.